The van der Waals surface area contributed by atoms with Gasteiger partial charge in [-0.05, 0) is 34.5 Å². The summed E-state index contributed by atoms with van der Waals surface area (Å²) in [5, 5.41) is 22.6. The average molecular weight is 433 g/mol. The summed E-state index contributed by atoms with van der Waals surface area (Å²) in [4.78, 5) is 32.9. The van der Waals surface area contributed by atoms with Crippen molar-refractivity contribution in [3.8, 4) is 5.75 Å². The summed E-state index contributed by atoms with van der Waals surface area (Å²) in [5.41, 5.74) is -1.06. The molecule has 0 fully saturated rings. The topological polar surface area (TPSA) is 119 Å². The summed E-state index contributed by atoms with van der Waals surface area (Å²) in [6.07, 6.45) is -7.38. The van der Waals surface area contributed by atoms with Crippen LogP contribution in [-0.2, 0) is 17.4 Å². The first-order valence-electron chi connectivity index (χ1n) is 7.83. The Morgan fingerprint density at radius 3 is 2.45 bits per heavy atom. The molecule has 0 radical (unpaired) electrons. The minimum absolute atomic E-state index is 0.0605. The maximum absolute atomic E-state index is 12.7. The Labute approximate surface area is 166 Å². The quantitative estimate of drug-likeness (QED) is 0.284. The Hall–Kier alpha value is -3.21. The molecule has 0 saturated carbocycles. The molecule has 12 heteroatoms. The number of benzene rings is 2. The second kappa shape index (κ2) is 8.86. The molecule has 0 spiro atoms. The largest absolute Gasteiger partial charge is 0.481 e. The standard InChI is InChI=1S/C17H12ClF3N2O6/c18-12-8-10(17(19,20)21)5-6-13(12)29-16(23(27)28)15(22-26)11-4-2-1-3-9(11)7-14(24)25/h1-6,8,15-16H,7H2,(H,24,25). The molecule has 2 aromatic carbocycles. The molecule has 29 heavy (non-hydrogen) atoms. The predicted octanol–water partition coefficient (Wildman–Crippen LogP) is 4.48. The van der Waals surface area contributed by atoms with Crippen LogP contribution in [0.5, 0.6) is 5.75 Å². The van der Waals surface area contributed by atoms with Crippen LogP contribution in [0.2, 0.25) is 5.02 Å². The van der Waals surface area contributed by atoms with Crippen LogP contribution in [0, 0.1) is 15.0 Å². The molecule has 8 nitrogen and oxygen atoms in total. The van der Waals surface area contributed by atoms with Crippen molar-refractivity contribution in [3.63, 3.8) is 0 Å². The van der Waals surface area contributed by atoms with Crippen LogP contribution in [0.4, 0.5) is 13.2 Å². The molecule has 2 rings (SSSR count). The van der Waals surface area contributed by atoms with Crippen molar-refractivity contribution < 1.29 is 32.7 Å². The maximum Gasteiger partial charge on any atom is 0.416 e. The summed E-state index contributed by atoms with van der Waals surface area (Å²) >= 11 is 5.74. The van der Waals surface area contributed by atoms with Crippen molar-refractivity contribution in [2.75, 3.05) is 0 Å². The molecule has 0 aliphatic rings. The number of halogens is 4. The number of aliphatic carboxylic acids is 1. The molecule has 2 atom stereocenters. The van der Waals surface area contributed by atoms with E-state index in [1.54, 1.807) is 0 Å². The normalized spacial score (nSPS) is 13.4. The van der Waals surface area contributed by atoms with Crippen molar-refractivity contribution in [1.29, 1.82) is 0 Å². The third kappa shape index (κ3) is 5.41. The van der Waals surface area contributed by atoms with Crippen LogP contribution in [0.1, 0.15) is 22.7 Å². The van der Waals surface area contributed by atoms with Gasteiger partial charge >= 0.3 is 18.4 Å². The van der Waals surface area contributed by atoms with Gasteiger partial charge in [-0.1, -0.05) is 35.9 Å². The fourth-order valence-electron chi connectivity index (χ4n) is 2.53. The number of ether oxygens (including phenoxy) is 1. The summed E-state index contributed by atoms with van der Waals surface area (Å²) in [6.45, 7) is 0. The summed E-state index contributed by atoms with van der Waals surface area (Å²) in [6, 6.07) is 5.66. The molecular formula is C17H12ClF3N2O6. The number of hydrogen-bond donors (Lipinski definition) is 1. The summed E-state index contributed by atoms with van der Waals surface area (Å²) < 4.78 is 43.3. The van der Waals surface area contributed by atoms with E-state index in [0.29, 0.717) is 12.1 Å². The van der Waals surface area contributed by atoms with Gasteiger partial charge in [0.15, 0.2) is 0 Å². The minimum atomic E-state index is -4.69. The molecule has 0 aromatic heterocycles. The number of nitrogens with zero attached hydrogens (tertiary/aromatic N) is 2. The number of hydrogen-bond acceptors (Lipinski definition) is 6. The van der Waals surface area contributed by atoms with E-state index in [-0.39, 0.29) is 11.1 Å². The lowest BCUT2D eigenvalue weighted by Crippen LogP contribution is -2.33. The van der Waals surface area contributed by atoms with Gasteiger partial charge in [0.25, 0.3) is 0 Å². The van der Waals surface area contributed by atoms with Crippen LogP contribution < -0.4 is 4.74 Å². The predicted molar refractivity (Wildman–Crippen MR) is 94.2 cm³/mol. The maximum atomic E-state index is 12.7. The molecule has 2 unspecified atom stereocenters. The van der Waals surface area contributed by atoms with Crippen molar-refractivity contribution in [1.82, 2.24) is 0 Å². The van der Waals surface area contributed by atoms with E-state index in [2.05, 4.69) is 5.18 Å². The van der Waals surface area contributed by atoms with Gasteiger partial charge in [0.1, 0.15) is 5.75 Å². The monoisotopic (exact) mass is 432 g/mol. The second-order valence-corrected chi connectivity index (χ2v) is 6.16. The SMILES string of the molecule is O=NC(c1ccccc1CC(=O)O)C(Oc1ccc(C(F)(F)F)cc1Cl)[N+](=O)[O-]. The third-order valence-electron chi connectivity index (χ3n) is 3.81. The Morgan fingerprint density at radius 1 is 1.28 bits per heavy atom. The van der Waals surface area contributed by atoms with E-state index in [4.69, 9.17) is 21.4 Å². The smallest absolute Gasteiger partial charge is 0.416 e. The van der Waals surface area contributed by atoms with E-state index in [0.717, 1.165) is 6.07 Å². The highest BCUT2D eigenvalue weighted by Gasteiger charge is 2.39. The highest BCUT2D eigenvalue weighted by atomic mass is 35.5. The van der Waals surface area contributed by atoms with E-state index < -0.39 is 52.1 Å². The number of nitro groups is 1. The van der Waals surface area contributed by atoms with Crippen molar-refractivity contribution in [3.05, 3.63) is 79.2 Å². The number of nitroso groups, excluding NO2 is 1. The van der Waals surface area contributed by atoms with Gasteiger partial charge in [-0.15, -0.1) is 4.91 Å². The van der Waals surface area contributed by atoms with E-state index in [9.17, 15) is 33.0 Å². The minimum Gasteiger partial charge on any atom is -0.481 e. The Kier molecular flexibility index (Phi) is 6.75. The molecule has 0 saturated heterocycles. The van der Waals surface area contributed by atoms with Gasteiger partial charge < -0.3 is 9.84 Å². The molecule has 0 aliphatic carbocycles. The summed E-state index contributed by atoms with van der Waals surface area (Å²) in [7, 11) is 0. The van der Waals surface area contributed by atoms with Crippen LogP contribution >= 0.6 is 11.6 Å². The zero-order valence-electron chi connectivity index (χ0n) is 14.3. The first-order chi connectivity index (χ1) is 13.5. The number of alkyl halides is 3. The van der Waals surface area contributed by atoms with E-state index in [1.165, 1.54) is 24.3 Å². The second-order valence-electron chi connectivity index (χ2n) is 5.76. The van der Waals surface area contributed by atoms with Crippen LogP contribution in [0.25, 0.3) is 0 Å². The number of rotatable bonds is 8. The van der Waals surface area contributed by atoms with Crippen molar-refractivity contribution in [2.24, 2.45) is 5.18 Å². The Bertz CT molecular complexity index is 938. The molecule has 0 aliphatic heterocycles. The highest BCUT2D eigenvalue weighted by molar-refractivity contribution is 6.32. The third-order valence-corrected chi connectivity index (χ3v) is 4.11. The van der Waals surface area contributed by atoms with Gasteiger partial charge in [-0.3, -0.25) is 14.9 Å². The highest BCUT2D eigenvalue weighted by Crippen LogP contribution is 2.36. The van der Waals surface area contributed by atoms with Gasteiger partial charge in [-0.25, -0.2) is 0 Å². The Balaban J connectivity index is 2.42. The molecular weight excluding hydrogens is 421 g/mol. The molecule has 1 N–H and O–H groups in total. The number of carboxylic acids is 1. The van der Waals surface area contributed by atoms with E-state index >= 15 is 0 Å². The lowest BCUT2D eigenvalue weighted by atomic mass is 9.97. The van der Waals surface area contributed by atoms with Crippen molar-refractivity contribution in [2.45, 2.75) is 24.9 Å². The molecule has 2 aromatic rings. The van der Waals surface area contributed by atoms with Crippen LogP contribution in [0.3, 0.4) is 0 Å². The number of carbonyl (C=O) groups is 1. The molecule has 0 amide bonds. The fraction of sp³-hybridized carbons (Fsp3) is 0.235. The van der Waals surface area contributed by atoms with Gasteiger partial charge in [0.2, 0.25) is 6.04 Å². The first kappa shape index (κ1) is 22.1. The lowest BCUT2D eigenvalue weighted by Gasteiger charge is -2.19. The van der Waals surface area contributed by atoms with Gasteiger partial charge in [-0.2, -0.15) is 13.2 Å². The number of carboxylic acid groups (broad SMARTS) is 1. The average Bonchev–Trinajstić information content (AvgIpc) is 2.62. The fourth-order valence-corrected chi connectivity index (χ4v) is 2.76. The van der Waals surface area contributed by atoms with Crippen molar-refractivity contribution >= 4 is 17.6 Å². The zero-order valence-corrected chi connectivity index (χ0v) is 15.1. The Morgan fingerprint density at radius 2 is 1.93 bits per heavy atom. The lowest BCUT2D eigenvalue weighted by molar-refractivity contribution is -0.567. The van der Waals surface area contributed by atoms with Crippen LogP contribution in [-0.4, -0.2) is 22.2 Å². The molecule has 0 heterocycles. The molecule has 154 valence electrons. The first-order valence-corrected chi connectivity index (χ1v) is 8.21. The van der Waals surface area contributed by atoms with Crippen LogP contribution in [0.15, 0.2) is 47.6 Å². The molecule has 0 bridgehead atoms. The summed E-state index contributed by atoms with van der Waals surface area (Å²) in [5.74, 6) is -1.71. The van der Waals surface area contributed by atoms with Gasteiger partial charge in [0.05, 0.1) is 21.9 Å². The van der Waals surface area contributed by atoms with Gasteiger partial charge in [0, 0.05) is 0 Å². The van der Waals surface area contributed by atoms with E-state index in [1.807, 2.05) is 0 Å². The zero-order chi connectivity index (χ0) is 21.8.